The van der Waals surface area contributed by atoms with E-state index in [0.29, 0.717) is 0 Å². The Bertz CT molecular complexity index is 294. The molecular weight excluding hydrogens is 232 g/mol. The second kappa shape index (κ2) is 10.3. The van der Waals surface area contributed by atoms with Crippen molar-refractivity contribution in [3.63, 3.8) is 0 Å². The van der Waals surface area contributed by atoms with Gasteiger partial charge < -0.3 is 9.47 Å². The Hall–Kier alpha value is -1.84. The van der Waals surface area contributed by atoms with Gasteiger partial charge in [-0.3, -0.25) is 9.59 Å². The summed E-state index contributed by atoms with van der Waals surface area (Å²) in [6, 6.07) is 0. The first-order chi connectivity index (χ1) is 8.67. The van der Waals surface area contributed by atoms with E-state index in [-0.39, 0.29) is 19.6 Å². The Morgan fingerprint density at radius 2 is 1.56 bits per heavy atom. The predicted octanol–water partition coefficient (Wildman–Crippen LogP) is 2.42. The molecule has 0 saturated carbocycles. The summed E-state index contributed by atoms with van der Waals surface area (Å²) in [6.07, 6.45) is 7.68. The lowest BCUT2D eigenvalue weighted by Gasteiger charge is -2.12. The molecule has 0 aromatic heterocycles. The minimum Gasteiger partial charge on any atom is -0.461 e. The Balaban J connectivity index is 4.52. The molecule has 0 rings (SSSR count). The van der Waals surface area contributed by atoms with Crippen LogP contribution in [0.1, 0.15) is 19.8 Å². The third kappa shape index (κ3) is 6.68. The van der Waals surface area contributed by atoms with Gasteiger partial charge in [-0.25, -0.2) is 0 Å². The van der Waals surface area contributed by atoms with Crippen LogP contribution in [0.4, 0.5) is 0 Å². The zero-order chi connectivity index (χ0) is 13.8. The topological polar surface area (TPSA) is 52.6 Å². The largest absolute Gasteiger partial charge is 0.461 e. The van der Waals surface area contributed by atoms with E-state index in [1.807, 2.05) is 13.0 Å². The van der Waals surface area contributed by atoms with Crippen molar-refractivity contribution in [2.75, 3.05) is 13.2 Å². The van der Waals surface area contributed by atoms with Crippen LogP contribution >= 0.6 is 0 Å². The van der Waals surface area contributed by atoms with Crippen molar-refractivity contribution in [1.29, 1.82) is 0 Å². The SMILES string of the molecule is C=CCOC(=O)C(CC=CCC)C(=O)OCC=C. The van der Waals surface area contributed by atoms with Gasteiger partial charge in [0.1, 0.15) is 13.2 Å². The van der Waals surface area contributed by atoms with E-state index < -0.39 is 17.9 Å². The first-order valence-corrected chi connectivity index (χ1v) is 5.87. The minimum absolute atomic E-state index is 0.0849. The Morgan fingerprint density at radius 1 is 1.06 bits per heavy atom. The van der Waals surface area contributed by atoms with Crippen LogP contribution in [-0.4, -0.2) is 25.2 Å². The van der Waals surface area contributed by atoms with Crippen LogP contribution in [0.25, 0.3) is 0 Å². The van der Waals surface area contributed by atoms with Crippen molar-refractivity contribution in [3.05, 3.63) is 37.5 Å². The molecule has 18 heavy (non-hydrogen) atoms. The van der Waals surface area contributed by atoms with Gasteiger partial charge in [0.25, 0.3) is 0 Å². The maximum absolute atomic E-state index is 11.7. The highest BCUT2D eigenvalue weighted by Gasteiger charge is 2.28. The lowest BCUT2D eigenvalue weighted by Crippen LogP contribution is -2.27. The highest BCUT2D eigenvalue weighted by molar-refractivity contribution is 5.95. The third-order valence-corrected chi connectivity index (χ3v) is 2.03. The predicted molar refractivity (Wildman–Crippen MR) is 69.9 cm³/mol. The van der Waals surface area contributed by atoms with Gasteiger partial charge >= 0.3 is 11.9 Å². The molecule has 0 N–H and O–H groups in total. The molecule has 100 valence electrons. The number of rotatable bonds is 9. The standard InChI is InChI=1S/C14H20O4/c1-4-7-8-9-12(13(15)17-10-5-2)14(16)18-11-6-3/h5-8,12H,2-4,9-11H2,1H3. The van der Waals surface area contributed by atoms with Gasteiger partial charge in [0.05, 0.1) is 0 Å². The molecule has 0 aromatic carbocycles. The smallest absolute Gasteiger partial charge is 0.320 e. The van der Waals surface area contributed by atoms with Gasteiger partial charge in [-0.15, -0.1) is 0 Å². The average Bonchev–Trinajstić information content (AvgIpc) is 2.38. The maximum atomic E-state index is 11.7. The van der Waals surface area contributed by atoms with Gasteiger partial charge in [0, 0.05) is 0 Å². The lowest BCUT2D eigenvalue weighted by molar-refractivity contribution is -0.160. The van der Waals surface area contributed by atoms with Crippen molar-refractivity contribution in [3.8, 4) is 0 Å². The normalized spacial score (nSPS) is 10.3. The number of esters is 2. The zero-order valence-corrected chi connectivity index (χ0v) is 10.8. The monoisotopic (exact) mass is 252 g/mol. The van der Waals surface area contributed by atoms with Crippen LogP contribution in [0.2, 0.25) is 0 Å². The van der Waals surface area contributed by atoms with Crippen molar-refractivity contribution < 1.29 is 19.1 Å². The fraction of sp³-hybridized carbons (Fsp3) is 0.429. The van der Waals surface area contributed by atoms with Gasteiger partial charge in [0.2, 0.25) is 0 Å². The molecule has 0 atom stereocenters. The van der Waals surface area contributed by atoms with E-state index in [4.69, 9.17) is 9.47 Å². The number of hydrogen-bond acceptors (Lipinski definition) is 4. The molecule has 0 bridgehead atoms. The number of ether oxygens (including phenoxy) is 2. The molecule has 0 radical (unpaired) electrons. The zero-order valence-electron chi connectivity index (χ0n) is 10.8. The summed E-state index contributed by atoms with van der Waals surface area (Å²) in [5.41, 5.74) is 0. The number of carbonyl (C=O) groups is 2. The summed E-state index contributed by atoms with van der Waals surface area (Å²) in [6.45, 7) is 9.02. The van der Waals surface area contributed by atoms with Crippen LogP contribution in [0.15, 0.2) is 37.5 Å². The molecule has 0 heterocycles. The van der Waals surface area contributed by atoms with Crippen LogP contribution < -0.4 is 0 Å². The molecule has 0 spiro atoms. The second-order valence-corrected chi connectivity index (χ2v) is 3.51. The fourth-order valence-corrected chi connectivity index (χ4v) is 1.17. The average molecular weight is 252 g/mol. The lowest BCUT2D eigenvalue weighted by atomic mass is 10.1. The Labute approximate surface area is 108 Å². The summed E-state index contributed by atoms with van der Waals surface area (Å²) >= 11 is 0. The van der Waals surface area contributed by atoms with Gasteiger partial charge in [-0.1, -0.05) is 44.4 Å². The first kappa shape index (κ1) is 16.2. The van der Waals surface area contributed by atoms with E-state index >= 15 is 0 Å². The summed E-state index contributed by atoms with van der Waals surface area (Å²) in [7, 11) is 0. The van der Waals surface area contributed by atoms with Crippen molar-refractivity contribution >= 4 is 11.9 Å². The molecule has 4 heteroatoms. The quantitative estimate of drug-likeness (QED) is 0.359. The van der Waals surface area contributed by atoms with E-state index in [2.05, 4.69) is 13.2 Å². The molecule has 0 unspecified atom stereocenters. The Kier molecular flexibility index (Phi) is 9.27. The highest BCUT2D eigenvalue weighted by atomic mass is 16.6. The van der Waals surface area contributed by atoms with E-state index in [9.17, 15) is 9.59 Å². The molecule has 0 aromatic rings. The van der Waals surface area contributed by atoms with Crippen LogP contribution in [0.3, 0.4) is 0 Å². The van der Waals surface area contributed by atoms with Crippen LogP contribution in [-0.2, 0) is 19.1 Å². The molecule has 0 aliphatic heterocycles. The minimum atomic E-state index is -0.923. The number of allylic oxidation sites excluding steroid dienone is 2. The second-order valence-electron chi connectivity index (χ2n) is 3.51. The molecule has 0 fully saturated rings. The summed E-state index contributed by atoms with van der Waals surface area (Å²) < 4.78 is 9.74. The van der Waals surface area contributed by atoms with Gasteiger partial charge in [-0.2, -0.15) is 0 Å². The molecular formula is C14H20O4. The van der Waals surface area contributed by atoms with Gasteiger partial charge in [-0.05, 0) is 12.8 Å². The van der Waals surface area contributed by atoms with Crippen LogP contribution in [0.5, 0.6) is 0 Å². The highest BCUT2D eigenvalue weighted by Crippen LogP contribution is 2.10. The summed E-state index contributed by atoms with van der Waals surface area (Å²) in [4.78, 5) is 23.3. The Morgan fingerprint density at radius 3 is 1.94 bits per heavy atom. The van der Waals surface area contributed by atoms with E-state index in [1.54, 1.807) is 6.08 Å². The van der Waals surface area contributed by atoms with Crippen LogP contribution in [0, 0.1) is 5.92 Å². The molecule has 0 aliphatic rings. The summed E-state index contributed by atoms with van der Waals surface area (Å²) in [5.74, 6) is -2.11. The number of hydrogen-bond donors (Lipinski definition) is 0. The molecule has 4 nitrogen and oxygen atoms in total. The summed E-state index contributed by atoms with van der Waals surface area (Å²) in [5, 5.41) is 0. The number of carbonyl (C=O) groups excluding carboxylic acids is 2. The van der Waals surface area contributed by atoms with Crippen molar-refractivity contribution in [2.24, 2.45) is 5.92 Å². The molecule has 0 saturated heterocycles. The van der Waals surface area contributed by atoms with Gasteiger partial charge in [0.15, 0.2) is 5.92 Å². The molecule has 0 aliphatic carbocycles. The molecule has 0 amide bonds. The van der Waals surface area contributed by atoms with Crippen molar-refractivity contribution in [2.45, 2.75) is 19.8 Å². The maximum Gasteiger partial charge on any atom is 0.320 e. The third-order valence-electron chi connectivity index (χ3n) is 2.03. The van der Waals surface area contributed by atoms with E-state index in [1.165, 1.54) is 12.2 Å². The van der Waals surface area contributed by atoms with Crippen molar-refractivity contribution in [1.82, 2.24) is 0 Å². The van der Waals surface area contributed by atoms with E-state index in [0.717, 1.165) is 6.42 Å². The first-order valence-electron chi connectivity index (χ1n) is 5.87. The fourth-order valence-electron chi connectivity index (χ4n) is 1.17.